The van der Waals surface area contributed by atoms with Crippen molar-refractivity contribution in [3.8, 4) is 0 Å². The van der Waals surface area contributed by atoms with Crippen LogP contribution in [0.25, 0.3) is 0 Å². The Hall–Kier alpha value is -1.43. The molecule has 6 heteroatoms. The molecule has 1 fully saturated rings. The van der Waals surface area contributed by atoms with E-state index in [0.29, 0.717) is 6.42 Å². The second kappa shape index (κ2) is 4.61. The number of hydrogen-bond donors (Lipinski definition) is 2. The Labute approximate surface area is 94.2 Å². The number of amides is 3. The van der Waals surface area contributed by atoms with Crippen molar-refractivity contribution in [1.29, 1.82) is 0 Å². The fourth-order valence-electron chi connectivity index (χ4n) is 1.58. The zero-order chi connectivity index (χ0) is 12.3. The van der Waals surface area contributed by atoms with Crippen molar-refractivity contribution in [2.75, 3.05) is 13.6 Å². The molecule has 90 valence electrons. The van der Waals surface area contributed by atoms with E-state index in [2.05, 4.69) is 5.32 Å². The molecule has 1 aliphatic heterocycles. The summed E-state index contributed by atoms with van der Waals surface area (Å²) in [5.74, 6) is -0.838. The molecule has 3 amide bonds. The predicted octanol–water partition coefficient (Wildman–Crippen LogP) is -1.01. The van der Waals surface area contributed by atoms with Gasteiger partial charge in [0.1, 0.15) is 0 Å². The van der Waals surface area contributed by atoms with E-state index in [1.807, 2.05) is 0 Å². The van der Waals surface area contributed by atoms with Crippen molar-refractivity contribution in [1.82, 2.24) is 10.2 Å². The van der Waals surface area contributed by atoms with Crippen molar-refractivity contribution >= 4 is 17.7 Å². The number of carbonyl (C=O) groups excluding carboxylic acids is 3. The number of imide groups is 1. The fourth-order valence-corrected chi connectivity index (χ4v) is 1.58. The summed E-state index contributed by atoms with van der Waals surface area (Å²) in [7, 11) is 1.62. The summed E-state index contributed by atoms with van der Waals surface area (Å²) in [6.07, 6.45) is 0.869. The van der Waals surface area contributed by atoms with Crippen LogP contribution < -0.4 is 11.1 Å². The number of likely N-dealkylation sites (tertiary alicyclic amines) is 1. The lowest BCUT2D eigenvalue weighted by molar-refractivity contribution is -0.139. The highest BCUT2D eigenvalue weighted by Crippen LogP contribution is 2.15. The molecule has 6 nitrogen and oxygen atoms in total. The molecular formula is C10H17N3O3. The van der Waals surface area contributed by atoms with Gasteiger partial charge in [0.05, 0.1) is 5.54 Å². The van der Waals surface area contributed by atoms with Gasteiger partial charge < -0.3 is 11.1 Å². The van der Waals surface area contributed by atoms with E-state index >= 15 is 0 Å². The molecule has 0 aromatic heterocycles. The highest BCUT2D eigenvalue weighted by atomic mass is 16.2. The fraction of sp³-hybridized carbons (Fsp3) is 0.700. The Kier molecular flexibility index (Phi) is 3.64. The predicted molar refractivity (Wildman–Crippen MR) is 57.2 cm³/mol. The summed E-state index contributed by atoms with van der Waals surface area (Å²) in [5.41, 5.74) is 4.36. The van der Waals surface area contributed by atoms with Gasteiger partial charge >= 0.3 is 0 Å². The molecule has 1 saturated heterocycles. The second-order valence-corrected chi connectivity index (χ2v) is 4.14. The zero-order valence-electron chi connectivity index (χ0n) is 9.58. The van der Waals surface area contributed by atoms with Crippen LogP contribution in [0.5, 0.6) is 0 Å². The van der Waals surface area contributed by atoms with E-state index in [1.165, 1.54) is 4.90 Å². The molecule has 16 heavy (non-hydrogen) atoms. The number of rotatable bonds is 5. The van der Waals surface area contributed by atoms with E-state index in [4.69, 9.17) is 5.73 Å². The largest absolute Gasteiger partial charge is 0.368 e. The number of primary amides is 1. The summed E-state index contributed by atoms with van der Waals surface area (Å²) >= 11 is 0. The lowest BCUT2D eigenvalue weighted by Crippen LogP contribution is -2.53. The molecule has 0 aliphatic carbocycles. The van der Waals surface area contributed by atoms with Crippen LogP contribution in [0.4, 0.5) is 0 Å². The molecule has 3 N–H and O–H groups in total. The summed E-state index contributed by atoms with van der Waals surface area (Å²) in [6, 6.07) is 0. The SMILES string of the molecule is CNC(C)(CCN1C(=O)CCC1=O)C(N)=O. The minimum atomic E-state index is -0.886. The van der Waals surface area contributed by atoms with Gasteiger partial charge in [0, 0.05) is 19.4 Å². The van der Waals surface area contributed by atoms with Crippen LogP contribution >= 0.6 is 0 Å². The van der Waals surface area contributed by atoms with Crippen molar-refractivity contribution < 1.29 is 14.4 Å². The highest BCUT2D eigenvalue weighted by molar-refractivity contribution is 6.01. The molecule has 0 aromatic rings. The standard InChI is InChI=1S/C10H17N3O3/c1-10(12-2,9(11)16)5-6-13-7(14)3-4-8(13)15/h12H,3-6H2,1-2H3,(H2,11,16). The lowest BCUT2D eigenvalue weighted by Gasteiger charge is -2.27. The first-order chi connectivity index (χ1) is 7.40. The number of likely N-dealkylation sites (N-methyl/N-ethyl adjacent to an activating group) is 1. The van der Waals surface area contributed by atoms with Gasteiger partial charge in [-0.15, -0.1) is 0 Å². The monoisotopic (exact) mass is 227 g/mol. The van der Waals surface area contributed by atoms with Crippen LogP contribution in [0.2, 0.25) is 0 Å². The minimum Gasteiger partial charge on any atom is -0.368 e. The number of hydrogen-bond acceptors (Lipinski definition) is 4. The van der Waals surface area contributed by atoms with Crippen LogP contribution in [0.3, 0.4) is 0 Å². The third kappa shape index (κ3) is 2.38. The topological polar surface area (TPSA) is 92.5 Å². The van der Waals surface area contributed by atoms with E-state index in [-0.39, 0.29) is 31.2 Å². The van der Waals surface area contributed by atoms with Gasteiger partial charge in [-0.25, -0.2) is 0 Å². The molecule has 1 unspecified atom stereocenters. The van der Waals surface area contributed by atoms with Gasteiger partial charge in [-0.05, 0) is 20.4 Å². The van der Waals surface area contributed by atoms with E-state index in [0.717, 1.165) is 0 Å². The van der Waals surface area contributed by atoms with Gasteiger partial charge in [-0.2, -0.15) is 0 Å². The Bertz CT molecular complexity index is 313. The number of nitrogens with two attached hydrogens (primary N) is 1. The van der Waals surface area contributed by atoms with Crippen LogP contribution in [0.15, 0.2) is 0 Å². The van der Waals surface area contributed by atoms with Crippen LogP contribution in [0, 0.1) is 0 Å². The second-order valence-electron chi connectivity index (χ2n) is 4.14. The zero-order valence-corrected chi connectivity index (χ0v) is 9.58. The third-order valence-electron chi connectivity index (χ3n) is 3.09. The Balaban J connectivity index is 2.59. The van der Waals surface area contributed by atoms with E-state index in [1.54, 1.807) is 14.0 Å². The van der Waals surface area contributed by atoms with Crippen molar-refractivity contribution in [3.05, 3.63) is 0 Å². The molecule has 0 bridgehead atoms. The molecule has 1 atom stereocenters. The summed E-state index contributed by atoms with van der Waals surface area (Å²) in [6.45, 7) is 1.89. The first-order valence-corrected chi connectivity index (χ1v) is 5.23. The minimum absolute atomic E-state index is 0.173. The first-order valence-electron chi connectivity index (χ1n) is 5.23. The van der Waals surface area contributed by atoms with Crippen LogP contribution in [-0.2, 0) is 14.4 Å². The van der Waals surface area contributed by atoms with Gasteiger partial charge in [-0.1, -0.05) is 0 Å². The molecule has 1 aliphatic rings. The molecule has 0 radical (unpaired) electrons. The smallest absolute Gasteiger partial charge is 0.237 e. The molecule has 0 saturated carbocycles. The molecule has 0 aromatic carbocycles. The normalized spacial score (nSPS) is 20.0. The van der Waals surface area contributed by atoms with Gasteiger partial charge in [0.15, 0.2) is 0 Å². The first kappa shape index (κ1) is 12.6. The number of nitrogens with one attached hydrogen (secondary N) is 1. The average Bonchev–Trinajstić information content (AvgIpc) is 2.55. The van der Waals surface area contributed by atoms with Gasteiger partial charge in [-0.3, -0.25) is 19.3 Å². The molecule has 1 heterocycles. The van der Waals surface area contributed by atoms with Crippen molar-refractivity contribution in [3.63, 3.8) is 0 Å². The van der Waals surface area contributed by atoms with E-state index in [9.17, 15) is 14.4 Å². The Morgan fingerprint density at radius 1 is 1.44 bits per heavy atom. The number of carbonyl (C=O) groups is 3. The quantitative estimate of drug-likeness (QED) is 0.588. The van der Waals surface area contributed by atoms with Crippen LogP contribution in [-0.4, -0.2) is 41.8 Å². The van der Waals surface area contributed by atoms with E-state index < -0.39 is 11.4 Å². The van der Waals surface area contributed by atoms with Crippen LogP contribution in [0.1, 0.15) is 26.2 Å². The van der Waals surface area contributed by atoms with Gasteiger partial charge in [0.25, 0.3) is 0 Å². The third-order valence-corrected chi connectivity index (χ3v) is 3.09. The maximum Gasteiger partial charge on any atom is 0.237 e. The summed E-state index contributed by atoms with van der Waals surface area (Å²) in [5, 5.41) is 2.81. The molecular weight excluding hydrogens is 210 g/mol. The highest BCUT2D eigenvalue weighted by Gasteiger charge is 2.34. The number of nitrogens with zero attached hydrogens (tertiary/aromatic N) is 1. The summed E-state index contributed by atoms with van der Waals surface area (Å²) in [4.78, 5) is 35.0. The molecule has 1 rings (SSSR count). The average molecular weight is 227 g/mol. The maximum absolute atomic E-state index is 11.3. The Morgan fingerprint density at radius 2 is 1.94 bits per heavy atom. The molecule has 0 spiro atoms. The maximum atomic E-state index is 11.3. The lowest BCUT2D eigenvalue weighted by atomic mass is 9.97. The Morgan fingerprint density at radius 3 is 2.31 bits per heavy atom. The van der Waals surface area contributed by atoms with Gasteiger partial charge in [0.2, 0.25) is 17.7 Å². The van der Waals surface area contributed by atoms with Crippen molar-refractivity contribution in [2.24, 2.45) is 5.73 Å². The summed E-state index contributed by atoms with van der Waals surface area (Å²) < 4.78 is 0. The van der Waals surface area contributed by atoms with Crippen molar-refractivity contribution in [2.45, 2.75) is 31.7 Å².